The number of aromatic amines is 2. The van der Waals surface area contributed by atoms with E-state index < -0.39 is 0 Å². The van der Waals surface area contributed by atoms with Gasteiger partial charge in [-0.1, -0.05) is 11.6 Å². The third-order valence-electron chi connectivity index (χ3n) is 6.10. The topological polar surface area (TPSA) is 154 Å². The fourth-order valence-electron chi connectivity index (χ4n) is 4.39. The smallest absolute Gasteiger partial charge is 0.251 e. The number of benzene rings is 2. The summed E-state index contributed by atoms with van der Waals surface area (Å²) in [5.74, 6) is 0.0912. The van der Waals surface area contributed by atoms with E-state index in [2.05, 4.69) is 36.3 Å². The van der Waals surface area contributed by atoms with E-state index >= 15 is 0 Å². The van der Waals surface area contributed by atoms with Crippen LogP contribution in [0.5, 0.6) is 0 Å². The Bertz CT molecular complexity index is 1840. The lowest BCUT2D eigenvalue weighted by Gasteiger charge is -2.07. The highest BCUT2D eigenvalue weighted by Gasteiger charge is 2.14. The highest BCUT2D eigenvalue weighted by molar-refractivity contribution is 6.31. The van der Waals surface area contributed by atoms with Gasteiger partial charge in [0, 0.05) is 38.8 Å². The Morgan fingerprint density at radius 2 is 2.08 bits per heavy atom. The Kier molecular flexibility index (Phi) is 5.05. The molecule has 2 aromatic carbocycles. The van der Waals surface area contributed by atoms with Gasteiger partial charge in [0.1, 0.15) is 17.9 Å². The molecular weight excluding hydrogens is 478 g/mol. The molecule has 6 rings (SSSR count). The van der Waals surface area contributed by atoms with E-state index in [9.17, 15) is 10.1 Å². The summed E-state index contributed by atoms with van der Waals surface area (Å²) in [5, 5.41) is 14.4. The minimum absolute atomic E-state index is 0.235. The lowest BCUT2D eigenvalue weighted by atomic mass is 10.1. The number of amides is 1. The van der Waals surface area contributed by atoms with Crippen LogP contribution in [-0.2, 0) is 13.1 Å². The number of hydrogen-bond donors (Lipinski definition) is 4. The molecule has 176 valence electrons. The van der Waals surface area contributed by atoms with Crippen molar-refractivity contribution in [2.45, 2.75) is 13.1 Å². The first-order chi connectivity index (χ1) is 17.5. The molecule has 0 aliphatic rings. The zero-order chi connectivity index (χ0) is 24.8. The third-order valence-corrected chi connectivity index (χ3v) is 6.32. The van der Waals surface area contributed by atoms with Crippen LogP contribution in [0.25, 0.3) is 33.0 Å². The molecule has 0 fully saturated rings. The van der Waals surface area contributed by atoms with E-state index in [0.29, 0.717) is 51.6 Å². The van der Waals surface area contributed by atoms with Crippen molar-refractivity contribution in [2.24, 2.45) is 0 Å². The third kappa shape index (κ3) is 3.68. The number of fused-ring (bicyclic) bond motifs is 3. The van der Waals surface area contributed by atoms with Crippen molar-refractivity contribution >= 4 is 56.3 Å². The normalized spacial score (nSPS) is 11.3. The summed E-state index contributed by atoms with van der Waals surface area (Å²) < 4.78 is 1.88. The second-order valence-corrected chi connectivity index (χ2v) is 8.82. The number of H-pyrrole nitrogens is 2. The number of carbonyl (C=O) groups excluding carboxylic acids is 1. The van der Waals surface area contributed by atoms with Gasteiger partial charge in [0.15, 0.2) is 11.5 Å². The van der Waals surface area contributed by atoms with Gasteiger partial charge in [0.05, 0.1) is 30.5 Å². The molecule has 6 aromatic rings. The standard InChI is InChI=1S/C25H18ClN9O/c26-17-3-14-5-18(9-30-25(36)13-1-2-20-19(6-13)16(7-27)8-29-20)34-21(14)15(4-17)10-35-12-33-22-23(28)31-11-32-24(22)35/h1-6,8,11-12,29,34H,9-10H2,(H,30,36)(H2,28,31,32). The van der Waals surface area contributed by atoms with Gasteiger partial charge in [-0.25, -0.2) is 15.0 Å². The maximum absolute atomic E-state index is 12.8. The number of nitrogens with zero attached hydrogens (tertiary/aromatic N) is 5. The predicted octanol–water partition coefficient (Wildman–Crippen LogP) is 3.87. The van der Waals surface area contributed by atoms with Crippen molar-refractivity contribution in [3.8, 4) is 6.07 Å². The number of halogens is 1. The van der Waals surface area contributed by atoms with E-state index in [1.807, 2.05) is 22.8 Å². The number of nitrogens with two attached hydrogens (primary N) is 1. The van der Waals surface area contributed by atoms with Crippen LogP contribution in [-0.4, -0.2) is 35.4 Å². The van der Waals surface area contributed by atoms with Crippen molar-refractivity contribution in [1.29, 1.82) is 5.26 Å². The zero-order valence-corrected chi connectivity index (χ0v) is 19.5. The molecule has 11 heteroatoms. The van der Waals surface area contributed by atoms with E-state index in [0.717, 1.165) is 27.7 Å². The second kappa shape index (κ2) is 8.41. The Labute approximate surface area is 208 Å². The molecule has 0 unspecified atom stereocenters. The average Bonchev–Trinajstić information content (AvgIpc) is 3.59. The summed E-state index contributed by atoms with van der Waals surface area (Å²) in [7, 11) is 0. The molecule has 10 nitrogen and oxygen atoms in total. The molecule has 0 saturated carbocycles. The largest absolute Gasteiger partial charge is 0.382 e. The molecule has 0 radical (unpaired) electrons. The summed E-state index contributed by atoms with van der Waals surface area (Å²) in [4.78, 5) is 31.9. The quantitative estimate of drug-likeness (QED) is 0.284. The van der Waals surface area contributed by atoms with Gasteiger partial charge in [-0.15, -0.1) is 0 Å². The molecule has 0 atom stereocenters. The molecule has 0 bridgehead atoms. The number of hydrogen-bond acceptors (Lipinski definition) is 6. The molecule has 0 spiro atoms. The van der Waals surface area contributed by atoms with Crippen LogP contribution in [0.2, 0.25) is 5.02 Å². The Hall–Kier alpha value is -4.88. The van der Waals surface area contributed by atoms with Gasteiger partial charge in [0.2, 0.25) is 0 Å². The number of imidazole rings is 1. The van der Waals surface area contributed by atoms with Crippen LogP contribution < -0.4 is 11.1 Å². The van der Waals surface area contributed by atoms with E-state index in [-0.39, 0.29) is 5.91 Å². The summed E-state index contributed by atoms with van der Waals surface area (Å²) >= 11 is 6.41. The van der Waals surface area contributed by atoms with E-state index in [4.69, 9.17) is 17.3 Å². The summed E-state index contributed by atoms with van der Waals surface area (Å²) in [6.45, 7) is 0.757. The number of nitriles is 1. The van der Waals surface area contributed by atoms with Gasteiger partial charge >= 0.3 is 0 Å². The first kappa shape index (κ1) is 21.6. The number of nitrogen functional groups attached to an aromatic ring is 1. The number of aromatic nitrogens is 6. The first-order valence-electron chi connectivity index (χ1n) is 11.0. The van der Waals surface area contributed by atoms with Crippen LogP contribution in [0.15, 0.2) is 55.2 Å². The van der Waals surface area contributed by atoms with E-state index in [1.54, 1.807) is 30.7 Å². The minimum Gasteiger partial charge on any atom is -0.382 e. The maximum Gasteiger partial charge on any atom is 0.251 e. The van der Waals surface area contributed by atoms with Crippen LogP contribution in [0.4, 0.5) is 5.82 Å². The Morgan fingerprint density at radius 1 is 1.19 bits per heavy atom. The molecule has 0 aliphatic carbocycles. The fraction of sp³-hybridized carbons (Fsp3) is 0.0800. The van der Waals surface area contributed by atoms with Crippen LogP contribution in [0.3, 0.4) is 0 Å². The predicted molar refractivity (Wildman–Crippen MR) is 136 cm³/mol. The monoisotopic (exact) mass is 495 g/mol. The van der Waals surface area contributed by atoms with Crippen molar-refractivity contribution in [2.75, 3.05) is 5.73 Å². The van der Waals surface area contributed by atoms with Gasteiger partial charge in [-0.2, -0.15) is 5.26 Å². The van der Waals surface area contributed by atoms with Crippen molar-refractivity contribution in [3.05, 3.63) is 82.7 Å². The molecule has 4 aromatic heterocycles. The number of rotatable bonds is 5. The number of anilines is 1. The summed E-state index contributed by atoms with van der Waals surface area (Å²) in [6.07, 6.45) is 4.72. The minimum atomic E-state index is -0.235. The molecule has 0 saturated heterocycles. The lowest BCUT2D eigenvalue weighted by molar-refractivity contribution is 0.0950. The highest BCUT2D eigenvalue weighted by atomic mass is 35.5. The van der Waals surface area contributed by atoms with Crippen LogP contribution in [0, 0.1) is 11.3 Å². The van der Waals surface area contributed by atoms with Crippen molar-refractivity contribution in [3.63, 3.8) is 0 Å². The van der Waals surface area contributed by atoms with Crippen LogP contribution in [0.1, 0.15) is 27.2 Å². The van der Waals surface area contributed by atoms with Crippen molar-refractivity contribution < 1.29 is 4.79 Å². The lowest BCUT2D eigenvalue weighted by Crippen LogP contribution is -2.22. The van der Waals surface area contributed by atoms with Gasteiger partial charge in [0.25, 0.3) is 5.91 Å². The Balaban J connectivity index is 1.26. The molecule has 0 aliphatic heterocycles. The molecule has 5 N–H and O–H groups in total. The van der Waals surface area contributed by atoms with Crippen LogP contribution >= 0.6 is 11.6 Å². The molecule has 1 amide bonds. The molecule has 36 heavy (non-hydrogen) atoms. The Morgan fingerprint density at radius 3 is 2.94 bits per heavy atom. The fourth-order valence-corrected chi connectivity index (χ4v) is 4.64. The maximum atomic E-state index is 12.8. The van der Waals surface area contributed by atoms with Crippen molar-refractivity contribution in [1.82, 2.24) is 34.8 Å². The zero-order valence-electron chi connectivity index (χ0n) is 18.7. The van der Waals surface area contributed by atoms with Gasteiger partial charge in [-0.3, -0.25) is 4.79 Å². The summed E-state index contributed by atoms with van der Waals surface area (Å²) in [6, 6.07) is 13.1. The molecular formula is C25H18ClN9O. The molecule has 4 heterocycles. The number of carbonyl (C=O) groups is 1. The van der Waals surface area contributed by atoms with E-state index in [1.165, 1.54) is 6.33 Å². The van der Waals surface area contributed by atoms with Gasteiger partial charge < -0.3 is 25.6 Å². The average molecular weight is 496 g/mol. The first-order valence-corrected chi connectivity index (χ1v) is 11.4. The second-order valence-electron chi connectivity index (χ2n) is 8.38. The summed E-state index contributed by atoms with van der Waals surface area (Å²) in [5.41, 5.74) is 11.5. The highest BCUT2D eigenvalue weighted by Crippen LogP contribution is 2.27. The van der Waals surface area contributed by atoms with Gasteiger partial charge in [-0.05, 0) is 42.0 Å². The number of nitrogens with one attached hydrogen (secondary N) is 3. The SMILES string of the molecule is N#Cc1c[nH]c2ccc(C(=O)NCc3cc4cc(Cl)cc(Cn5cnc6c(N)ncnc65)c4[nH]3)cc12.